The summed E-state index contributed by atoms with van der Waals surface area (Å²) in [5.41, 5.74) is 0.812. The average molecular weight is 299 g/mol. The first kappa shape index (κ1) is 15.5. The lowest BCUT2D eigenvalue weighted by Gasteiger charge is -2.17. The van der Waals surface area contributed by atoms with Crippen LogP contribution in [0.3, 0.4) is 0 Å². The second-order valence-electron chi connectivity index (χ2n) is 4.57. The lowest BCUT2D eigenvalue weighted by atomic mass is 10.2. The molecule has 0 saturated carbocycles. The van der Waals surface area contributed by atoms with Gasteiger partial charge in [-0.15, -0.1) is 0 Å². The van der Waals surface area contributed by atoms with Crippen LogP contribution in [0.1, 0.15) is 5.56 Å². The van der Waals surface area contributed by atoms with Crippen LogP contribution < -0.4 is 9.64 Å². The molecule has 0 saturated heterocycles. The first-order valence-corrected chi connectivity index (χ1v) is 6.76. The smallest absolute Gasteiger partial charge is 0.328 e. The highest BCUT2D eigenvalue weighted by Gasteiger charge is 2.02. The summed E-state index contributed by atoms with van der Waals surface area (Å²) in [4.78, 5) is 20.6. The standard InChI is InChI=1S/C16H17N3O3/c1-19(15-12-17-8-9-18-15)10-11-22-14-5-2-13(3-6-14)4-7-16(20)21/h2-9,12H,10-11H2,1H3,(H,20,21). The van der Waals surface area contributed by atoms with Gasteiger partial charge in [-0.1, -0.05) is 12.1 Å². The summed E-state index contributed by atoms with van der Waals surface area (Å²) in [6.45, 7) is 1.19. The van der Waals surface area contributed by atoms with Gasteiger partial charge in [0.1, 0.15) is 18.2 Å². The zero-order valence-corrected chi connectivity index (χ0v) is 12.2. The van der Waals surface area contributed by atoms with Crippen LogP contribution >= 0.6 is 0 Å². The van der Waals surface area contributed by atoms with Crippen molar-refractivity contribution < 1.29 is 14.6 Å². The SMILES string of the molecule is CN(CCOc1ccc(C=CC(=O)O)cc1)c1cnccn1. The predicted molar refractivity (Wildman–Crippen MR) is 83.9 cm³/mol. The molecule has 0 bridgehead atoms. The van der Waals surface area contributed by atoms with Crippen LogP contribution in [-0.4, -0.2) is 41.2 Å². The second kappa shape index (κ2) is 7.78. The molecule has 6 heteroatoms. The molecule has 2 rings (SSSR count). The summed E-state index contributed by atoms with van der Waals surface area (Å²) in [7, 11) is 1.92. The second-order valence-corrected chi connectivity index (χ2v) is 4.57. The number of hydrogen-bond acceptors (Lipinski definition) is 5. The van der Waals surface area contributed by atoms with Crippen LogP contribution in [0.5, 0.6) is 5.75 Å². The Morgan fingerprint density at radius 2 is 2.09 bits per heavy atom. The third-order valence-corrected chi connectivity index (χ3v) is 2.93. The Hall–Kier alpha value is -2.89. The Morgan fingerprint density at radius 1 is 1.32 bits per heavy atom. The lowest BCUT2D eigenvalue weighted by molar-refractivity contribution is -0.131. The maximum Gasteiger partial charge on any atom is 0.328 e. The van der Waals surface area contributed by atoms with Crippen molar-refractivity contribution in [1.82, 2.24) is 9.97 Å². The van der Waals surface area contributed by atoms with E-state index in [-0.39, 0.29) is 0 Å². The number of benzene rings is 1. The monoisotopic (exact) mass is 299 g/mol. The van der Waals surface area contributed by atoms with E-state index in [0.29, 0.717) is 13.2 Å². The molecule has 0 aliphatic heterocycles. The van der Waals surface area contributed by atoms with Crippen LogP contribution in [0.15, 0.2) is 48.9 Å². The minimum atomic E-state index is -0.965. The van der Waals surface area contributed by atoms with Crippen molar-refractivity contribution in [2.75, 3.05) is 25.1 Å². The van der Waals surface area contributed by atoms with E-state index in [2.05, 4.69) is 9.97 Å². The quantitative estimate of drug-likeness (QED) is 0.789. The van der Waals surface area contributed by atoms with Crippen molar-refractivity contribution in [2.45, 2.75) is 0 Å². The summed E-state index contributed by atoms with van der Waals surface area (Å²) in [6, 6.07) is 7.23. The zero-order chi connectivity index (χ0) is 15.8. The number of ether oxygens (including phenoxy) is 1. The van der Waals surface area contributed by atoms with Crippen LogP contribution in [0.4, 0.5) is 5.82 Å². The molecular weight excluding hydrogens is 282 g/mol. The highest BCUT2D eigenvalue weighted by atomic mass is 16.5. The average Bonchev–Trinajstić information content (AvgIpc) is 2.55. The minimum Gasteiger partial charge on any atom is -0.492 e. The molecule has 2 aromatic rings. The number of carbonyl (C=O) groups is 1. The van der Waals surface area contributed by atoms with Crippen LogP contribution in [0.25, 0.3) is 6.08 Å². The first-order chi connectivity index (χ1) is 10.6. The van der Waals surface area contributed by atoms with Gasteiger partial charge in [0, 0.05) is 25.5 Å². The van der Waals surface area contributed by atoms with Crippen molar-refractivity contribution in [2.24, 2.45) is 0 Å². The highest BCUT2D eigenvalue weighted by Crippen LogP contribution is 2.13. The van der Waals surface area contributed by atoms with E-state index in [9.17, 15) is 4.79 Å². The highest BCUT2D eigenvalue weighted by molar-refractivity contribution is 5.85. The van der Waals surface area contributed by atoms with E-state index in [1.165, 1.54) is 6.08 Å². The lowest BCUT2D eigenvalue weighted by Crippen LogP contribution is -2.24. The van der Waals surface area contributed by atoms with E-state index in [1.54, 1.807) is 30.7 Å². The third kappa shape index (κ3) is 4.90. The van der Waals surface area contributed by atoms with Crippen molar-refractivity contribution in [1.29, 1.82) is 0 Å². The van der Waals surface area contributed by atoms with Gasteiger partial charge in [-0.05, 0) is 23.8 Å². The molecule has 1 aromatic heterocycles. The van der Waals surface area contributed by atoms with Gasteiger partial charge < -0.3 is 14.7 Å². The summed E-state index contributed by atoms with van der Waals surface area (Å²) in [6.07, 6.45) is 7.62. The van der Waals surface area contributed by atoms with Gasteiger partial charge in [-0.2, -0.15) is 0 Å². The molecular formula is C16H17N3O3. The Kier molecular flexibility index (Phi) is 5.48. The van der Waals surface area contributed by atoms with E-state index in [4.69, 9.17) is 9.84 Å². The van der Waals surface area contributed by atoms with Gasteiger partial charge in [0.2, 0.25) is 0 Å². The number of hydrogen-bond donors (Lipinski definition) is 1. The molecule has 1 heterocycles. The fourth-order valence-electron chi connectivity index (χ4n) is 1.75. The normalized spacial score (nSPS) is 10.6. The van der Waals surface area contributed by atoms with Crippen molar-refractivity contribution in [3.05, 3.63) is 54.5 Å². The number of likely N-dealkylation sites (N-methyl/N-ethyl adjacent to an activating group) is 1. The molecule has 0 unspecified atom stereocenters. The minimum absolute atomic E-state index is 0.511. The predicted octanol–water partition coefficient (Wildman–Crippen LogP) is 2.09. The summed E-state index contributed by atoms with van der Waals surface area (Å²) in [5.74, 6) is 0.563. The number of aromatic nitrogens is 2. The molecule has 114 valence electrons. The fourth-order valence-corrected chi connectivity index (χ4v) is 1.75. The zero-order valence-electron chi connectivity index (χ0n) is 12.2. The van der Waals surface area contributed by atoms with E-state index in [1.807, 2.05) is 24.1 Å². The van der Waals surface area contributed by atoms with E-state index in [0.717, 1.165) is 23.2 Å². The number of carboxylic acid groups (broad SMARTS) is 1. The Bertz CT molecular complexity index is 627. The first-order valence-electron chi connectivity index (χ1n) is 6.76. The number of nitrogens with zero attached hydrogens (tertiary/aromatic N) is 3. The van der Waals surface area contributed by atoms with Gasteiger partial charge in [0.25, 0.3) is 0 Å². The van der Waals surface area contributed by atoms with E-state index < -0.39 is 5.97 Å². The Balaban J connectivity index is 1.81. The van der Waals surface area contributed by atoms with Crippen LogP contribution in [0.2, 0.25) is 0 Å². The molecule has 0 aliphatic carbocycles. The molecule has 0 spiro atoms. The van der Waals surface area contributed by atoms with Crippen molar-refractivity contribution in [3.8, 4) is 5.75 Å². The third-order valence-electron chi connectivity index (χ3n) is 2.93. The Labute approximate surface area is 128 Å². The van der Waals surface area contributed by atoms with Gasteiger partial charge in [-0.3, -0.25) is 4.98 Å². The molecule has 0 fully saturated rings. The maximum atomic E-state index is 10.4. The molecule has 1 aromatic carbocycles. The van der Waals surface area contributed by atoms with Crippen LogP contribution in [-0.2, 0) is 4.79 Å². The molecule has 6 nitrogen and oxygen atoms in total. The number of anilines is 1. The summed E-state index contributed by atoms with van der Waals surface area (Å²) < 4.78 is 5.65. The molecule has 0 atom stereocenters. The number of rotatable bonds is 7. The number of carboxylic acids is 1. The van der Waals surface area contributed by atoms with E-state index >= 15 is 0 Å². The Morgan fingerprint density at radius 3 is 2.73 bits per heavy atom. The van der Waals surface area contributed by atoms with Crippen molar-refractivity contribution >= 4 is 17.9 Å². The molecule has 0 amide bonds. The number of aliphatic carboxylic acids is 1. The summed E-state index contributed by atoms with van der Waals surface area (Å²) >= 11 is 0. The largest absolute Gasteiger partial charge is 0.492 e. The molecule has 0 radical (unpaired) electrons. The molecule has 1 N–H and O–H groups in total. The van der Waals surface area contributed by atoms with Gasteiger partial charge in [0.05, 0.1) is 12.7 Å². The molecule has 0 aliphatic rings. The maximum absolute atomic E-state index is 10.4. The van der Waals surface area contributed by atoms with Crippen LogP contribution in [0, 0.1) is 0 Å². The topological polar surface area (TPSA) is 75.5 Å². The fraction of sp³-hybridized carbons (Fsp3) is 0.188. The van der Waals surface area contributed by atoms with Gasteiger partial charge in [0.15, 0.2) is 0 Å². The summed E-state index contributed by atoms with van der Waals surface area (Å²) in [5, 5.41) is 8.57. The molecule has 22 heavy (non-hydrogen) atoms. The van der Waals surface area contributed by atoms with Crippen molar-refractivity contribution in [3.63, 3.8) is 0 Å². The van der Waals surface area contributed by atoms with Gasteiger partial charge >= 0.3 is 5.97 Å². The van der Waals surface area contributed by atoms with Gasteiger partial charge in [-0.25, -0.2) is 9.78 Å².